The van der Waals surface area contributed by atoms with E-state index in [1.807, 2.05) is 19.2 Å². The highest BCUT2D eigenvalue weighted by Gasteiger charge is 2.11. The molecule has 0 atom stereocenters. The van der Waals surface area contributed by atoms with Gasteiger partial charge in [-0.2, -0.15) is 0 Å². The molecule has 110 valence electrons. The van der Waals surface area contributed by atoms with Crippen LogP contribution in [0.3, 0.4) is 0 Å². The van der Waals surface area contributed by atoms with Crippen molar-refractivity contribution in [3.63, 3.8) is 0 Å². The number of nitrogen functional groups attached to an aromatic ring is 1. The van der Waals surface area contributed by atoms with E-state index in [0.29, 0.717) is 11.3 Å². The number of hydrogen-bond donors (Lipinski definition) is 1. The average molecular weight is 284 g/mol. The van der Waals surface area contributed by atoms with Crippen LogP contribution in [0.5, 0.6) is 0 Å². The van der Waals surface area contributed by atoms with E-state index >= 15 is 0 Å². The van der Waals surface area contributed by atoms with Gasteiger partial charge in [-0.25, -0.2) is 4.79 Å². The first-order valence-electron chi connectivity index (χ1n) is 6.76. The van der Waals surface area contributed by atoms with Crippen molar-refractivity contribution in [2.24, 2.45) is 0 Å². The first kappa shape index (κ1) is 14.9. The number of carbonyl (C=O) groups excluding carboxylic acids is 1. The molecule has 0 saturated heterocycles. The highest BCUT2D eigenvalue weighted by Crippen LogP contribution is 2.25. The second-order valence-electron chi connectivity index (χ2n) is 5.11. The maximum absolute atomic E-state index is 11.5. The summed E-state index contributed by atoms with van der Waals surface area (Å²) in [6, 6.07) is 13.6. The van der Waals surface area contributed by atoms with E-state index in [1.165, 1.54) is 18.2 Å². The summed E-state index contributed by atoms with van der Waals surface area (Å²) in [4.78, 5) is 13.5. The number of hydrogen-bond acceptors (Lipinski definition) is 4. The Morgan fingerprint density at radius 3 is 2.62 bits per heavy atom. The van der Waals surface area contributed by atoms with Crippen LogP contribution in [-0.2, 0) is 11.3 Å². The van der Waals surface area contributed by atoms with E-state index in [9.17, 15) is 4.79 Å². The highest BCUT2D eigenvalue weighted by atomic mass is 16.5. The molecule has 0 spiro atoms. The summed E-state index contributed by atoms with van der Waals surface area (Å²) in [5, 5.41) is 0. The molecule has 0 amide bonds. The summed E-state index contributed by atoms with van der Waals surface area (Å²) < 4.78 is 4.69. The highest BCUT2D eigenvalue weighted by molar-refractivity contribution is 5.91. The number of esters is 1. The second kappa shape index (κ2) is 6.31. The summed E-state index contributed by atoms with van der Waals surface area (Å²) in [5.41, 5.74) is 10.4. The molecule has 0 aromatic heterocycles. The van der Waals surface area contributed by atoms with Crippen LogP contribution < -0.4 is 10.6 Å². The zero-order valence-electron chi connectivity index (χ0n) is 12.6. The lowest BCUT2D eigenvalue weighted by molar-refractivity contribution is 0.0601. The van der Waals surface area contributed by atoms with E-state index in [0.717, 1.165) is 12.2 Å². The van der Waals surface area contributed by atoms with Gasteiger partial charge in [0.2, 0.25) is 0 Å². The normalized spacial score (nSPS) is 10.2. The molecule has 0 aliphatic rings. The number of methoxy groups -OCH3 is 1. The number of benzene rings is 2. The third-order valence-corrected chi connectivity index (χ3v) is 3.36. The second-order valence-corrected chi connectivity index (χ2v) is 5.11. The van der Waals surface area contributed by atoms with Crippen molar-refractivity contribution < 1.29 is 9.53 Å². The first-order chi connectivity index (χ1) is 10.0. The maximum Gasteiger partial charge on any atom is 0.337 e. The van der Waals surface area contributed by atoms with E-state index in [4.69, 9.17) is 10.5 Å². The van der Waals surface area contributed by atoms with Crippen LogP contribution in [0.1, 0.15) is 21.5 Å². The summed E-state index contributed by atoms with van der Waals surface area (Å²) in [5.74, 6) is -0.380. The zero-order chi connectivity index (χ0) is 15.4. The molecule has 0 fully saturated rings. The lowest BCUT2D eigenvalue weighted by Gasteiger charge is -2.21. The molecule has 2 aromatic carbocycles. The molecule has 21 heavy (non-hydrogen) atoms. The molecular weight excluding hydrogens is 264 g/mol. The molecule has 4 heteroatoms. The van der Waals surface area contributed by atoms with Crippen LogP contribution >= 0.6 is 0 Å². The van der Waals surface area contributed by atoms with Gasteiger partial charge in [0.1, 0.15) is 0 Å². The molecule has 0 aliphatic carbocycles. The Morgan fingerprint density at radius 2 is 2.00 bits per heavy atom. The first-order valence-corrected chi connectivity index (χ1v) is 6.76. The maximum atomic E-state index is 11.5. The molecule has 0 bridgehead atoms. The number of nitrogens with zero attached hydrogens (tertiary/aromatic N) is 1. The number of ether oxygens (including phenoxy) is 1. The number of nitrogens with two attached hydrogens (primary N) is 1. The minimum absolute atomic E-state index is 0.380. The van der Waals surface area contributed by atoms with Gasteiger partial charge in [0.05, 0.1) is 24.0 Å². The lowest BCUT2D eigenvalue weighted by Crippen LogP contribution is -2.18. The SMILES string of the molecule is COC(=O)c1ccc(N(C)Cc2cccc(C)c2)c(N)c1. The van der Waals surface area contributed by atoms with E-state index in [1.54, 1.807) is 12.1 Å². The van der Waals surface area contributed by atoms with Gasteiger partial charge in [0.15, 0.2) is 0 Å². The van der Waals surface area contributed by atoms with Crippen LogP contribution in [0.25, 0.3) is 0 Å². The van der Waals surface area contributed by atoms with Gasteiger partial charge >= 0.3 is 5.97 Å². The van der Waals surface area contributed by atoms with Gasteiger partial charge in [-0.15, -0.1) is 0 Å². The van der Waals surface area contributed by atoms with Gasteiger partial charge in [0.25, 0.3) is 0 Å². The Bertz CT molecular complexity index is 653. The fraction of sp³-hybridized carbons (Fsp3) is 0.235. The smallest absolute Gasteiger partial charge is 0.337 e. The summed E-state index contributed by atoms with van der Waals surface area (Å²) >= 11 is 0. The van der Waals surface area contributed by atoms with Crippen LogP contribution in [0.4, 0.5) is 11.4 Å². The number of rotatable bonds is 4. The fourth-order valence-electron chi connectivity index (χ4n) is 2.32. The van der Waals surface area contributed by atoms with Crippen molar-refractivity contribution in [2.75, 3.05) is 24.8 Å². The van der Waals surface area contributed by atoms with Gasteiger partial charge in [-0.05, 0) is 30.7 Å². The lowest BCUT2D eigenvalue weighted by atomic mass is 10.1. The molecule has 0 heterocycles. The fourth-order valence-corrected chi connectivity index (χ4v) is 2.32. The van der Waals surface area contributed by atoms with Crippen LogP contribution in [0.15, 0.2) is 42.5 Å². The van der Waals surface area contributed by atoms with Gasteiger partial charge in [-0.3, -0.25) is 0 Å². The number of carbonyl (C=O) groups is 1. The Morgan fingerprint density at radius 1 is 1.24 bits per heavy atom. The topological polar surface area (TPSA) is 55.6 Å². The molecule has 2 rings (SSSR count). The minimum Gasteiger partial charge on any atom is -0.465 e. The van der Waals surface area contributed by atoms with Crippen molar-refractivity contribution in [1.82, 2.24) is 0 Å². The molecule has 0 radical (unpaired) electrons. The third kappa shape index (κ3) is 3.54. The standard InChI is InChI=1S/C17H20N2O2/c1-12-5-4-6-13(9-12)11-19(2)16-8-7-14(10-15(16)18)17(20)21-3/h4-10H,11,18H2,1-3H3. The Hall–Kier alpha value is -2.49. The van der Waals surface area contributed by atoms with E-state index in [2.05, 4.69) is 30.0 Å². The van der Waals surface area contributed by atoms with Gasteiger partial charge in [-0.1, -0.05) is 29.8 Å². The monoisotopic (exact) mass is 284 g/mol. The predicted octanol–water partition coefficient (Wildman–Crippen LogP) is 3.00. The van der Waals surface area contributed by atoms with Crippen molar-refractivity contribution in [3.05, 3.63) is 59.2 Å². The van der Waals surface area contributed by atoms with Crippen LogP contribution in [0.2, 0.25) is 0 Å². The van der Waals surface area contributed by atoms with E-state index in [-0.39, 0.29) is 5.97 Å². The number of anilines is 2. The molecule has 4 nitrogen and oxygen atoms in total. The van der Waals surface area contributed by atoms with Gasteiger partial charge in [0, 0.05) is 13.6 Å². The molecular formula is C17H20N2O2. The predicted molar refractivity (Wildman–Crippen MR) is 85.5 cm³/mol. The molecule has 2 aromatic rings. The Kier molecular flexibility index (Phi) is 4.48. The van der Waals surface area contributed by atoms with Crippen LogP contribution in [-0.4, -0.2) is 20.1 Å². The van der Waals surface area contributed by atoms with Gasteiger partial charge < -0.3 is 15.4 Å². The summed E-state index contributed by atoms with van der Waals surface area (Å²) in [6.07, 6.45) is 0. The van der Waals surface area contributed by atoms with Crippen LogP contribution in [0, 0.1) is 6.92 Å². The van der Waals surface area contributed by atoms with Crippen molar-refractivity contribution in [1.29, 1.82) is 0 Å². The average Bonchev–Trinajstić information content (AvgIpc) is 2.46. The van der Waals surface area contributed by atoms with E-state index < -0.39 is 0 Å². The third-order valence-electron chi connectivity index (χ3n) is 3.36. The molecule has 2 N–H and O–H groups in total. The largest absolute Gasteiger partial charge is 0.465 e. The Labute approximate surface area is 125 Å². The molecule has 0 unspecified atom stereocenters. The summed E-state index contributed by atoms with van der Waals surface area (Å²) in [7, 11) is 3.34. The van der Waals surface area contributed by atoms with Crippen molar-refractivity contribution in [3.8, 4) is 0 Å². The van der Waals surface area contributed by atoms with Crippen molar-refractivity contribution in [2.45, 2.75) is 13.5 Å². The number of aryl methyl sites for hydroxylation is 1. The molecule has 0 saturated carbocycles. The minimum atomic E-state index is -0.380. The molecule has 0 aliphatic heterocycles. The zero-order valence-corrected chi connectivity index (χ0v) is 12.6. The Balaban J connectivity index is 2.19. The summed E-state index contributed by atoms with van der Waals surface area (Å²) in [6.45, 7) is 2.83. The van der Waals surface area contributed by atoms with Crippen molar-refractivity contribution >= 4 is 17.3 Å². The quantitative estimate of drug-likeness (QED) is 0.692.